The third-order valence-electron chi connectivity index (χ3n) is 3.15. The van der Waals surface area contributed by atoms with Crippen molar-refractivity contribution in [2.24, 2.45) is 0 Å². The number of thiazole rings is 1. The topological polar surface area (TPSA) is 79.3 Å². The average molecular weight is 304 g/mol. The molecule has 2 rings (SSSR count). The first-order chi connectivity index (χ1) is 10.1. The summed E-state index contributed by atoms with van der Waals surface area (Å²) in [4.78, 5) is 26.3. The molecule has 21 heavy (non-hydrogen) atoms. The fraction of sp³-hybridized carbons (Fsp3) is 0.267. The van der Waals surface area contributed by atoms with E-state index in [1.807, 2.05) is 18.2 Å². The van der Waals surface area contributed by atoms with Crippen LogP contribution in [0, 0.1) is 0 Å². The number of carboxylic acids is 1. The van der Waals surface area contributed by atoms with Gasteiger partial charge < -0.3 is 10.4 Å². The zero-order valence-corrected chi connectivity index (χ0v) is 12.4. The van der Waals surface area contributed by atoms with E-state index in [4.69, 9.17) is 5.11 Å². The van der Waals surface area contributed by atoms with Crippen molar-refractivity contribution in [1.29, 1.82) is 0 Å². The Labute approximate surface area is 126 Å². The summed E-state index contributed by atoms with van der Waals surface area (Å²) in [5, 5.41) is 13.1. The molecule has 0 saturated heterocycles. The molecule has 0 aliphatic carbocycles. The molecule has 1 atom stereocenters. The third-order valence-corrected chi connectivity index (χ3v) is 3.99. The maximum Gasteiger partial charge on any atom is 0.355 e. The summed E-state index contributed by atoms with van der Waals surface area (Å²) in [6, 6.07) is 10.1. The minimum absolute atomic E-state index is 0.0946. The second kappa shape index (κ2) is 6.99. The van der Waals surface area contributed by atoms with Crippen LogP contribution >= 0.6 is 11.3 Å². The summed E-state index contributed by atoms with van der Waals surface area (Å²) < 4.78 is 0. The van der Waals surface area contributed by atoms with Crippen molar-refractivity contribution in [2.75, 3.05) is 6.54 Å². The van der Waals surface area contributed by atoms with E-state index in [9.17, 15) is 9.59 Å². The molecule has 0 saturated carbocycles. The SMILES string of the molecule is CC(CCNC(=O)c1nc(C(=O)O)cs1)c1ccccc1. The predicted octanol–water partition coefficient (Wildman–Crippen LogP) is 2.76. The summed E-state index contributed by atoms with van der Waals surface area (Å²) in [5.74, 6) is -1.10. The number of hydrogen-bond acceptors (Lipinski definition) is 4. The zero-order valence-electron chi connectivity index (χ0n) is 11.6. The predicted molar refractivity (Wildman–Crippen MR) is 80.9 cm³/mol. The van der Waals surface area contributed by atoms with Gasteiger partial charge in [0.1, 0.15) is 0 Å². The highest BCUT2D eigenvalue weighted by molar-refractivity contribution is 7.11. The molecule has 0 aliphatic heterocycles. The van der Waals surface area contributed by atoms with Crippen molar-refractivity contribution in [3.8, 4) is 0 Å². The minimum atomic E-state index is -1.12. The van der Waals surface area contributed by atoms with Gasteiger partial charge in [0.15, 0.2) is 10.7 Å². The van der Waals surface area contributed by atoms with Crippen molar-refractivity contribution >= 4 is 23.2 Å². The fourth-order valence-corrected chi connectivity index (χ4v) is 2.61. The monoisotopic (exact) mass is 304 g/mol. The van der Waals surface area contributed by atoms with Crippen molar-refractivity contribution in [1.82, 2.24) is 10.3 Å². The van der Waals surface area contributed by atoms with Crippen molar-refractivity contribution in [3.63, 3.8) is 0 Å². The van der Waals surface area contributed by atoms with Gasteiger partial charge in [0.05, 0.1) is 0 Å². The number of benzene rings is 1. The van der Waals surface area contributed by atoms with Gasteiger partial charge in [-0.1, -0.05) is 37.3 Å². The van der Waals surface area contributed by atoms with Crippen molar-refractivity contribution in [2.45, 2.75) is 19.3 Å². The molecule has 0 fully saturated rings. The Balaban J connectivity index is 1.82. The number of aromatic nitrogens is 1. The van der Waals surface area contributed by atoms with Crippen LogP contribution in [0.25, 0.3) is 0 Å². The molecular weight excluding hydrogens is 288 g/mol. The number of carbonyl (C=O) groups is 2. The molecule has 0 aliphatic rings. The van der Waals surface area contributed by atoms with Crippen LogP contribution in [-0.4, -0.2) is 28.5 Å². The highest BCUT2D eigenvalue weighted by Crippen LogP contribution is 2.17. The maximum absolute atomic E-state index is 11.8. The lowest BCUT2D eigenvalue weighted by Crippen LogP contribution is -2.25. The van der Waals surface area contributed by atoms with E-state index in [1.54, 1.807) is 0 Å². The third kappa shape index (κ3) is 4.13. The Morgan fingerprint density at radius 3 is 2.67 bits per heavy atom. The molecule has 2 N–H and O–H groups in total. The van der Waals surface area contributed by atoms with Gasteiger partial charge in [0.2, 0.25) is 0 Å². The van der Waals surface area contributed by atoms with Crippen LogP contribution in [-0.2, 0) is 0 Å². The van der Waals surface area contributed by atoms with Gasteiger partial charge in [-0.05, 0) is 17.9 Å². The van der Waals surface area contributed by atoms with E-state index in [0.717, 1.165) is 17.8 Å². The number of nitrogens with one attached hydrogen (secondary N) is 1. The smallest absolute Gasteiger partial charge is 0.355 e. The van der Waals surface area contributed by atoms with E-state index in [1.165, 1.54) is 10.9 Å². The number of aromatic carboxylic acids is 1. The molecule has 1 unspecified atom stereocenters. The first kappa shape index (κ1) is 15.2. The van der Waals surface area contributed by atoms with Gasteiger partial charge in [-0.15, -0.1) is 11.3 Å². The molecule has 2 aromatic rings. The number of hydrogen-bond donors (Lipinski definition) is 2. The highest BCUT2D eigenvalue weighted by atomic mass is 32.1. The fourth-order valence-electron chi connectivity index (χ4n) is 1.90. The quantitative estimate of drug-likeness (QED) is 0.860. The average Bonchev–Trinajstić information content (AvgIpc) is 2.98. The largest absolute Gasteiger partial charge is 0.476 e. The number of rotatable bonds is 6. The maximum atomic E-state index is 11.8. The number of carbonyl (C=O) groups excluding carboxylic acids is 1. The van der Waals surface area contributed by atoms with E-state index in [0.29, 0.717) is 12.5 Å². The van der Waals surface area contributed by atoms with Crippen LogP contribution in [0.4, 0.5) is 0 Å². The zero-order chi connectivity index (χ0) is 15.2. The Morgan fingerprint density at radius 1 is 1.33 bits per heavy atom. The van der Waals surface area contributed by atoms with Gasteiger partial charge >= 0.3 is 5.97 Å². The van der Waals surface area contributed by atoms with E-state index in [2.05, 4.69) is 29.4 Å². The molecule has 110 valence electrons. The van der Waals surface area contributed by atoms with Crippen LogP contribution in [0.5, 0.6) is 0 Å². The van der Waals surface area contributed by atoms with Crippen LogP contribution in [0.3, 0.4) is 0 Å². The van der Waals surface area contributed by atoms with Crippen molar-refractivity contribution in [3.05, 3.63) is 52.0 Å². The lowest BCUT2D eigenvalue weighted by atomic mass is 9.98. The number of nitrogens with zero attached hydrogens (tertiary/aromatic N) is 1. The van der Waals surface area contributed by atoms with Crippen LogP contribution in [0.2, 0.25) is 0 Å². The number of carboxylic acid groups (broad SMARTS) is 1. The van der Waals surface area contributed by atoms with Gasteiger partial charge in [-0.25, -0.2) is 9.78 Å². The molecule has 5 nitrogen and oxygen atoms in total. The minimum Gasteiger partial charge on any atom is -0.476 e. The van der Waals surface area contributed by atoms with Crippen LogP contribution in [0.15, 0.2) is 35.7 Å². The summed E-state index contributed by atoms with van der Waals surface area (Å²) in [7, 11) is 0. The normalized spacial score (nSPS) is 11.9. The molecule has 1 heterocycles. The molecule has 0 bridgehead atoms. The Kier molecular flexibility index (Phi) is 5.05. The Hall–Kier alpha value is -2.21. The standard InChI is InChI=1S/C15H16N2O3S/c1-10(11-5-3-2-4-6-11)7-8-16-13(18)14-17-12(9-21-14)15(19)20/h2-6,9-10H,7-8H2,1H3,(H,16,18)(H,19,20). The second-order valence-electron chi connectivity index (χ2n) is 4.70. The lowest BCUT2D eigenvalue weighted by molar-refractivity contribution is 0.0691. The van der Waals surface area contributed by atoms with Gasteiger partial charge in [0.25, 0.3) is 5.91 Å². The summed E-state index contributed by atoms with van der Waals surface area (Å²) in [6.45, 7) is 2.63. The number of amides is 1. The van der Waals surface area contributed by atoms with E-state index in [-0.39, 0.29) is 16.6 Å². The second-order valence-corrected chi connectivity index (χ2v) is 5.56. The molecule has 6 heteroatoms. The molecule has 1 aromatic heterocycles. The summed E-state index contributed by atoms with van der Waals surface area (Å²) in [5.41, 5.74) is 1.14. The van der Waals surface area contributed by atoms with Crippen molar-refractivity contribution < 1.29 is 14.7 Å². The lowest BCUT2D eigenvalue weighted by Gasteiger charge is -2.11. The first-order valence-electron chi connectivity index (χ1n) is 6.60. The molecule has 1 amide bonds. The summed E-state index contributed by atoms with van der Waals surface area (Å²) >= 11 is 1.04. The van der Waals surface area contributed by atoms with Gasteiger partial charge in [-0.2, -0.15) is 0 Å². The van der Waals surface area contributed by atoms with Crippen LogP contribution < -0.4 is 5.32 Å². The molecular formula is C15H16N2O3S. The Bertz CT molecular complexity index is 625. The van der Waals surface area contributed by atoms with E-state index < -0.39 is 5.97 Å². The van der Waals surface area contributed by atoms with Gasteiger partial charge in [0, 0.05) is 11.9 Å². The summed E-state index contributed by atoms with van der Waals surface area (Å²) in [6.07, 6.45) is 0.812. The van der Waals surface area contributed by atoms with Gasteiger partial charge in [-0.3, -0.25) is 4.79 Å². The Morgan fingerprint density at radius 2 is 2.05 bits per heavy atom. The first-order valence-corrected chi connectivity index (χ1v) is 7.48. The molecule has 0 spiro atoms. The molecule has 0 radical (unpaired) electrons. The molecule has 1 aromatic carbocycles. The van der Waals surface area contributed by atoms with E-state index >= 15 is 0 Å². The highest BCUT2D eigenvalue weighted by Gasteiger charge is 2.14. The van der Waals surface area contributed by atoms with Crippen LogP contribution in [0.1, 0.15) is 45.1 Å².